The molecule has 0 heterocycles. The molecule has 0 bridgehead atoms. The van der Waals surface area contributed by atoms with Gasteiger partial charge in [0.05, 0.1) is 7.11 Å². The summed E-state index contributed by atoms with van der Waals surface area (Å²) in [6.07, 6.45) is 0. The molecule has 3 heteroatoms. The Morgan fingerprint density at radius 1 is 0.955 bits per heavy atom. The van der Waals surface area contributed by atoms with Crippen LogP contribution in [0.5, 0.6) is 5.75 Å². The van der Waals surface area contributed by atoms with Crippen LogP contribution in [0, 0.1) is 11.8 Å². The van der Waals surface area contributed by atoms with Crippen molar-refractivity contribution in [3.05, 3.63) is 42.0 Å². The van der Waals surface area contributed by atoms with Crippen LogP contribution in [0.15, 0.2) is 36.4 Å². The van der Waals surface area contributed by atoms with Crippen LogP contribution in [0.1, 0.15) is 19.4 Å². The molecule has 0 aliphatic carbocycles. The third kappa shape index (κ3) is 4.62. The van der Waals surface area contributed by atoms with Gasteiger partial charge in [0.1, 0.15) is 11.4 Å². The van der Waals surface area contributed by atoms with Crippen molar-refractivity contribution >= 4 is 19.1 Å². The molecular weight excluding hydrogens is 288 g/mol. The molecule has 0 spiro atoms. The van der Waals surface area contributed by atoms with Crippen LogP contribution in [0.4, 0.5) is 0 Å². The van der Waals surface area contributed by atoms with Crippen LogP contribution in [-0.4, -0.2) is 21.0 Å². The molecule has 0 aromatic heterocycles. The lowest BCUT2D eigenvalue weighted by atomic mass is 10.1. The number of ether oxygens (including phenoxy) is 1. The summed E-state index contributed by atoms with van der Waals surface area (Å²) in [7, 11) is 0.0807. The highest BCUT2D eigenvalue weighted by Crippen LogP contribution is 2.22. The zero-order valence-corrected chi connectivity index (χ0v) is 15.3. The Morgan fingerprint density at radius 2 is 1.59 bits per heavy atom. The van der Waals surface area contributed by atoms with Crippen molar-refractivity contribution in [1.29, 1.82) is 0 Å². The van der Waals surface area contributed by atoms with Crippen LogP contribution < -0.4 is 4.74 Å². The van der Waals surface area contributed by atoms with E-state index in [-0.39, 0.29) is 0 Å². The molecule has 0 saturated heterocycles. The highest BCUT2D eigenvalue weighted by molar-refractivity contribution is 6.69. The van der Waals surface area contributed by atoms with Crippen molar-refractivity contribution < 1.29 is 9.16 Å². The molecule has 0 aliphatic rings. The summed E-state index contributed by atoms with van der Waals surface area (Å²) in [6, 6.07) is 12.3. The fraction of sp³-hybridized carbons (Fsp3) is 0.368. The average molecular weight is 312 g/mol. The van der Waals surface area contributed by atoms with Gasteiger partial charge < -0.3 is 9.16 Å². The molecule has 0 atom stereocenters. The van der Waals surface area contributed by atoms with Gasteiger partial charge in [0.25, 0.3) is 0 Å². The second-order valence-corrected chi connectivity index (χ2v) is 11.3. The van der Waals surface area contributed by atoms with Crippen molar-refractivity contribution in [3.8, 4) is 17.6 Å². The minimum absolute atomic E-state index is 0.417. The van der Waals surface area contributed by atoms with Gasteiger partial charge in [-0.25, -0.2) is 0 Å². The SMILES string of the molecule is COc1ccc2cc(C#CC(C)(C)O[Si](C)(C)C)ccc2c1. The van der Waals surface area contributed by atoms with Crippen molar-refractivity contribution in [2.24, 2.45) is 0 Å². The molecule has 22 heavy (non-hydrogen) atoms. The topological polar surface area (TPSA) is 18.5 Å². The Labute approximate surface area is 134 Å². The standard InChI is InChI=1S/C19H24O2Si/c1-19(2,21-22(4,5)6)12-11-15-7-8-17-14-18(20-3)10-9-16(17)13-15/h7-10,13-14H,1-6H3. The first-order chi connectivity index (χ1) is 10.2. The number of rotatable bonds is 3. The zero-order chi connectivity index (χ0) is 16.4. The minimum Gasteiger partial charge on any atom is -0.497 e. The van der Waals surface area contributed by atoms with E-state index in [1.165, 1.54) is 0 Å². The Balaban J connectivity index is 2.28. The molecule has 0 amide bonds. The summed E-state index contributed by atoms with van der Waals surface area (Å²) >= 11 is 0. The van der Waals surface area contributed by atoms with E-state index in [9.17, 15) is 0 Å². The summed E-state index contributed by atoms with van der Waals surface area (Å²) in [5.41, 5.74) is 0.587. The van der Waals surface area contributed by atoms with E-state index in [1.54, 1.807) is 7.11 Å². The first-order valence-corrected chi connectivity index (χ1v) is 10.9. The summed E-state index contributed by atoms with van der Waals surface area (Å²) in [4.78, 5) is 0. The van der Waals surface area contributed by atoms with Gasteiger partial charge in [-0.05, 0) is 68.5 Å². The Hall–Kier alpha value is -1.76. The largest absolute Gasteiger partial charge is 0.497 e. The molecule has 0 N–H and O–H groups in total. The highest BCUT2D eigenvalue weighted by Gasteiger charge is 2.25. The second-order valence-electron chi connectivity index (χ2n) is 6.90. The normalized spacial score (nSPS) is 11.9. The van der Waals surface area contributed by atoms with Crippen LogP contribution in [0.3, 0.4) is 0 Å². The predicted octanol–water partition coefficient (Wildman–Crippen LogP) is 4.83. The Kier molecular flexibility index (Phi) is 4.65. The number of hydrogen-bond acceptors (Lipinski definition) is 2. The summed E-state index contributed by atoms with van der Waals surface area (Å²) in [5, 5.41) is 2.32. The third-order valence-corrected chi connectivity index (χ3v) is 4.24. The summed E-state index contributed by atoms with van der Waals surface area (Å²) in [5.74, 6) is 7.37. The number of fused-ring (bicyclic) bond motifs is 1. The Morgan fingerprint density at radius 3 is 2.23 bits per heavy atom. The molecule has 116 valence electrons. The van der Waals surface area contributed by atoms with Gasteiger partial charge in [0.15, 0.2) is 8.32 Å². The lowest BCUT2D eigenvalue weighted by Gasteiger charge is -2.28. The highest BCUT2D eigenvalue weighted by atomic mass is 28.4. The predicted molar refractivity (Wildman–Crippen MR) is 95.9 cm³/mol. The summed E-state index contributed by atoms with van der Waals surface area (Å²) in [6.45, 7) is 10.6. The maximum absolute atomic E-state index is 6.11. The van der Waals surface area contributed by atoms with Gasteiger partial charge in [-0.1, -0.05) is 24.0 Å². The third-order valence-electron chi connectivity index (χ3n) is 3.12. The molecule has 0 fully saturated rings. The van der Waals surface area contributed by atoms with E-state index in [1.807, 2.05) is 32.0 Å². The van der Waals surface area contributed by atoms with Crippen LogP contribution in [0.25, 0.3) is 10.8 Å². The summed E-state index contributed by atoms with van der Waals surface area (Å²) < 4.78 is 11.4. The zero-order valence-electron chi connectivity index (χ0n) is 14.3. The molecule has 0 unspecified atom stereocenters. The second kappa shape index (κ2) is 6.16. The fourth-order valence-electron chi connectivity index (χ4n) is 2.44. The van der Waals surface area contributed by atoms with E-state index in [4.69, 9.17) is 9.16 Å². The first kappa shape index (κ1) is 16.6. The van der Waals surface area contributed by atoms with Gasteiger partial charge in [0, 0.05) is 5.56 Å². The molecule has 2 nitrogen and oxygen atoms in total. The fourth-order valence-corrected chi connectivity index (χ4v) is 4.02. The van der Waals surface area contributed by atoms with Crippen molar-refractivity contribution in [3.63, 3.8) is 0 Å². The first-order valence-electron chi connectivity index (χ1n) is 7.50. The van der Waals surface area contributed by atoms with Gasteiger partial charge >= 0.3 is 0 Å². The molecule has 2 aromatic carbocycles. The van der Waals surface area contributed by atoms with Crippen LogP contribution in [-0.2, 0) is 4.43 Å². The molecule has 2 rings (SSSR count). The molecule has 0 aliphatic heterocycles. The lowest BCUT2D eigenvalue weighted by Crippen LogP contribution is -2.37. The molecule has 2 aromatic rings. The van der Waals surface area contributed by atoms with Gasteiger partial charge in [-0.2, -0.15) is 0 Å². The number of hydrogen-bond donors (Lipinski definition) is 0. The number of benzene rings is 2. The van der Waals surface area contributed by atoms with E-state index in [0.717, 1.165) is 22.1 Å². The van der Waals surface area contributed by atoms with Crippen molar-refractivity contribution in [1.82, 2.24) is 0 Å². The molecule has 0 radical (unpaired) electrons. The Bertz CT molecular complexity index is 730. The van der Waals surface area contributed by atoms with Crippen molar-refractivity contribution in [2.45, 2.75) is 39.1 Å². The van der Waals surface area contributed by atoms with Crippen molar-refractivity contribution in [2.75, 3.05) is 7.11 Å². The monoisotopic (exact) mass is 312 g/mol. The van der Waals surface area contributed by atoms with Gasteiger partial charge in [0.2, 0.25) is 0 Å². The molecule has 0 saturated carbocycles. The van der Waals surface area contributed by atoms with Gasteiger partial charge in [-0.3, -0.25) is 0 Å². The average Bonchev–Trinajstić information content (AvgIpc) is 2.42. The molecular formula is C19H24O2Si. The smallest absolute Gasteiger partial charge is 0.185 e. The van der Waals surface area contributed by atoms with E-state index in [0.29, 0.717) is 0 Å². The van der Waals surface area contributed by atoms with Gasteiger partial charge in [-0.15, -0.1) is 0 Å². The maximum atomic E-state index is 6.11. The van der Waals surface area contributed by atoms with Crippen LogP contribution in [0.2, 0.25) is 19.6 Å². The lowest BCUT2D eigenvalue weighted by molar-refractivity contribution is 0.164. The quantitative estimate of drug-likeness (QED) is 0.597. The minimum atomic E-state index is -1.60. The van der Waals surface area contributed by atoms with E-state index in [2.05, 4.69) is 49.7 Å². The van der Waals surface area contributed by atoms with Crippen LogP contribution >= 0.6 is 0 Å². The van der Waals surface area contributed by atoms with E-state index < -0.39 is 13.9 Å². The van der Waals surface area contributed by atoms with E-state index >= 15 is 0 Å². The maximum Gasteiger partial charge on any atom is 0.185 e. The number of methoxy groups -OCH3 is 1.